The lowest BCUT2D eigenvalue weighted by Crippen LogP contribution is -2.44. The Balaban J connectivity index is 1.63. The standard InChI is InChI=1S/C25H40N2O5/c1-4-32-22-12-18(7-8-21(22)28)15-27-10-9-19-13-24(30)26-14-23(29)25(2,3)17-31-11-5-6-20(19)16-27/h7-8,12,19-20,23,28-29H,4-6,9-11,13-17H2,1-3H3,(H,26,30)/t19-,20-,23-/m0/s1. The van der Waals surface area contributed by atoms with Gasteiger partial charge in [-0.3, -0.25) is 9.69 Å². The topological polar surface area (TPSA) is 91.3 Å². The Hall–Kier alpha value is -1.83. The summed E-state index contributed by atoms with van der Waals surface area (Å²) in [6.07, 6.45) is 2.84. The first-order valence-corrected chi connectivity index (χ1v) is 12.0. The maximum Gasteiger partial charge on any atom is 0.220 e. The normalized spacial score (nSPS) is 27.9. The summed E-state index contributed by atoms with van der Waals surface area (Å²) >= 11 is 0. The van der Waals surface area contributed by atoms with Gasteiger partial charge < -0.3 is 25.0 Å². The van der Waals surface area contributed by atoms with E-state index in [0.29, 0.717) is 43.8 Å². The molecule has 0 radical (unpaired) electrons. The highest BCUT2D eigenvalue weighted by molar-refractivity contribution is 5.76. The lowest BCUT2D eigenvalue weighted by Gasteiger charge is -2.38. The van der Waals surface area contributed by atoms with Gasteiger partial charge >= 0.3 is 0 Å². The zero-order valence-electron chi connectivity index (χ0n) is 19.8. The Labute approximate surface area is 192 Å². The fraction of sp³-hybridized carbons (Fsp3) is 0.720. The first-order valence-electron chi connectivity index (χ1n) is 12.0. The van der Waals surface area contributed by atoms with Crippen LogP contribution < -0.4 is 10.1 Å². The quantitative estimate of drug-likeness (QED) is 0.656. The molecule has 1 aromatic rings. The number of carbonyl (C=O) groups excluding carboxylic acids is 1. The van der Waals surface area contributed by atoms with Crippen molar-refractivity contribution < 1.29 is 24.5 Å². The molecule has 0 aliphatic carbocycles. The summed E-state index contributed by atoms with van der Waals surface area (Å²) in [7, 11) is 0. The monoisotopic (exact) mass is 448 g/mol. The average molecular weight is 449 g/mol. The molecule has 3 atom stereocenters. The summed E-state index contributed by atoms with van der Waals surface area (Å²) in [4.78, 5) is 15.0. The predicted molar refractivity (Wildman–Crippen MR) is 124 cm³/mol. The van der Waals surface area contributed by atoms with Crippen LogP contribution in [0.15, 0.2) is 18.2 Å². The minimum absolute atomic E-state index is 0.0309. The largest absolute Gasteiger partial charge is 0.504 e. The number of aromatic hydroxyl groups is 1. The molecule has 32 heavy (non-hydrogen) atoms. The van der Waals surface area contributed by atoms with Crippen LogP contribution in [0.5, 0.6) is 11.5 Å². The molecule has 7 nitrogen and oxygen atoms in total. The number of β-amino-alcohol motifs (C(OH)–C–C–N with tert-alkyl or cyclic N) is 1. The smallest absolute Gasteiger partial charge is 0.220 e. The van der Waals surface area contributed by atoms with Gasteiger partial charge in [0.15, 0.2) is 11.5 Å². The van der Waals surface area contributed by atoms with Crippen LogP contribution in [0.25, 0.3) is 0 Å². The Morgan fingerprint density at radius 3 is 2.88 bits per heavy atom. The van der Waals surface area contributed by atoms with Crippen LogP contribution in [0.2, 0.25) is 0 Å². The average Bonchev–Trinajstić information content (AvgIpc) is 2.76. The molecule has 7 heteroatoms. The number of amides is 1. The summed E-state index contributed by atoms with van der Waals surface area (Å²) in [6.45, 7) is 10.5. The maximum atomic E-state index is 12.6. The third kappa shape index (κ3) is 6.83. The number of aliphatic hydroxyl groups excluding tert-OH is 1. The molecule has 0 bridgehead atoms. The van der Waals surface area contributed by atoms with E-state index in [4.69, 9.17) is 9.47 Å². The second kappa shape index (κ2) is 11.3. The number of carbonyl (C=O) groups is 1. The third-order valence-corrected chi connectivity index (χ3v) is 6.89. The van der Waals surface area contributed by atoms with Gasteiger partial charge in [-0.05, 0) is 62.3 Å². The number of benzene rings is 1. The number of piperidine rings is 1. The summed E-state index contributed by atoms with van der Waals surface area (Å²) in [5.41, 5.74) is 0.724. The van der Waals surface area contributed by atoms with E-state index < -0.39 is 11.5 Å². The highest BCUT2D eigenvalue weighted by Crippen LogP contribution is 2.33. The molecule has 2 saturated heterocycles. The third-order valence-electron chi connectivity index (χ3n) is 6.89. The molecule has 1 aromatic carbocycles. The molecule has 3 rings (SSSR count). The number of nitrogens with zero attached hydrogens (tertiary/aromatic N) is 1. The van der Waals surface area contributed by atoms with Gasteiger partial charge in [-0.15, -0.1) is 0 Å². The molecule has 2 aliphatic heterocycles. The van der Waals surface area contributed by atoms with E-state index in [1.54, 1.807) is 6.07 Å². The van der Waals surface area contributed by atoms with Gasteiger partial charge in [-0.2, -0.15) is 0 Å². The molecule has 0 unspecified atom stereocenters. The molecule has 3 N–H and O–H groups in total. The molecule has 180 valence electrons. The number of fused-ring (bicyclic) bond motifs is 1. The zero-order chi connectivity index (χ0) is 23.1. The summed E-state index contributed by atoms with van der Waals surface area (Å²) in [6, 6.07) is 5.57. The summed E-state index contributed by atoms with van der Waals surface area (Å²) in [5, 5.41) is 23.4. The number of ether oxygens (including phenoxy) is 2. The van der Waals surface area contributed by atoms with Crippen LogP contribution in [0.4, 0.5) is 0 Å². The maximum absolute atomic E-state index is 12.6. The van der Waals surface area contributed by atoms with E-state index in [1.165, 1.54) is 0 Å². The fourth-order valence-corrected chi connectivity index (χ4v) is 4.76. The van der Waals surface area contributed by atoms with Gasteiger partial charge in [0.2, 0.25) is 5.91 Å². The van der Waals surface area contributed by atoms with Crippen molar-refractivity contribution in [2.24, 2.45) is 17.3 Å². The second-order valence-corrected chi connectivity index (χ2v) is 9.99. The van der Waals surface area contributed by atoms with Crippen molar-refractivity contribution in [3.05, 3.63) is 23.8 Å². The second-order valence-electron chi connectivity index (χ2n) is 9.99. The van der Waals surface area contributed by atoms with E-state index in [-0.39, 0.29) is 18.2 Å². The number of phenolic OH excluding ortho intramolecular Hbond substituents is 1. The van der Waals surface area contributed by atoms with Crippen molar-refractivity contribution in [3.8, 4) is 11.5 Å². The number of rotatable bonds is 4. The van der Waals surface area contributed by atoms with Gasteiger partial charge in [0.25, 0.3) is 0 Å². The molecule has 2 heterocycles. The minimum Gasteiger partial charge on any atom is -0.504 e. The molecule has 2 fully saturated rings. The van der Waals surface area contributed by atoms with Gasteiger partial charge in [0.05, 0.1) is 19.3 Å². The van der Waals surface area contributed by atoms with Gasteiger partial charge in [0.1, 0.15) is 0 Å². The minimum atomic E-state index is -0.628. The Kier molecular flexibility index (Phi) is 8.79. The van der Waals surface area contributed by atoms with Crippen molar-refractivity contribution in [3.63, 3.8) is 0 Å². The van der Waals surface area contributed by atoms with E-state index in [2.05, 4.69) is 10.2 Å². The number of hydrogen-bond donors (Lipinski definition) is 3. The van der Waals surface area contributed by atoms with Gasteiger partial charge in [-0.25, -0.2) is 0 Å². The Morgan fingerprint density at radius 1 is 1.28 bits per heavy atom. The summed E-state index contributed by atoms with van der Waals surface area (Å²) < 4.78 is 11.4. The first-order chi connectivity index (χ1) is 15.3. The Bertz CT molecular complexity index is 754. The van der Waals surface area contributed by atoms with E-state index in [9.17, 15) is 15.0 Å². The number of phenols is 1. The van der Waals surface area contributed by atoms with E-state index in [0.717, 1.165) is 44.5 Å². The SMILES string of the molecule is CCOc1cc(CN2CC[C@H]3CC(=O)NC[C@H](O)C(C)(C)COCCC[C@H]3C2)ccc1O. The van der Waals surface area contributed by atoms with Crippen molar-refractivity contribution >= 4 is 5.91 Å². The lowest BCUT2D eigenvalue weighted by molar-refractivity contribution is -0.124. The van der Waals surface area contributed by atoms with Gasteiger partial charge in [-0.1, -0.05) is 19.9 Å². The van der Waals surface area contributed by atoms with Crippen molar-refractivity contribution in [2.75, 3.05) is 39.5 Å². The number of aliphatic hydroxyl groups is 1. The van der Waals surface area contributed by atoms with Crippen molar-refractivity contribution in [2.45, 2.75) is 59.1 Å². The van der Waals surface area contributed by atoms with Crippen LogP contribution in [-0.2, 0) is 16.1 Å². The molecule has 1 amide bonds. The zero-order valence-corrected chi connectivity index (χ0v) is 19.8. The highest BCUT2D eigenvalue weighted by atomic mass is 16.5. The molecule has 0 spiro atoms. The van der Waals surface area contributed by atoms with E-state index >= 15 is 0 Å². The number of nitrogens with one attached hydrogen (secondary N) is 1. The van der Waals surface area contributed by atoms with Crippen LogP contribution in [0.1, 0.15) is 52.0 Å². The van der Waals surface area contributed by atoms with Crippen LogP contribution in [0.3, 0.4) is 0 Å². The lowest BCUT2D eigenvalue weighted by atomic mass is 9.80. The van der Waals surface area contributed by atoms with Crippen molar-refractivity contribution in [1.82, 2.24) is 10.2 Å². The molecular formula is C25H40N2O5. The molecular weight excluding hydrogens is 408 g/mol. The predicted octanol–water partition coefficient (Wildman–Crippen LogP) is 2.93. The Morgan fingerprint density at radius 2 is 2.09 bits per heavy atom. The van der Waals surface area contributed by atoms with Gasteiger partial charge in [0, 0.05) is 38.1 Å². The number of hydrogen-bond acceptors (Lipinski definition) is 6. The highest BCUT2D eigenvalue weighted by Gasteiger charge is 2.33. The van der Waals surface area contributed by atoms with Crippen LogP contribution >= 0.6 is 0 Å². The molecule has 0 saturated carbocycles. The van der Waals surface area contributed by atoms with Crippen LogP contribution in [0, 0.1) is 17.3 Å². The van der Waals surface area contributed by atoms with E-state index in [1.807, 2.05) is 32.9 Å². The summed E-state index contributed by atoms with van der Waals surface area (Å²) in [5.74, 6) is 1.50. The number of likely N-dealkylation sites (tertiary alicyclic amines) is 1. The first kappa shape index (κ1) is 24.8. The van der Waals surface area contributed by atoms with Crippen molar-refractivity contribution in [1.29, 1.82) is 0 Å². The molecule has 0 aromatic heterocycles. The van der Waals surface area contributed by atoms with Crippen LogP contribution in [-0.4, -0.2) is 66.6 Å². The fourth-order valence-electron chi connectivity index (χ4n) is 4.76. The molecule has 2 aliphatic rings.